The number of hydrogen-bond donors (Lipinski definition) is 2. The Morgan fingerprint density at radius 2 is 1.78 bits per heavy atom. The van der Waals surface area contributed by atoms with E-state index in [9.17, 15) is 9.59 Å². The van der Waals surface area contributed by atoms with E-state index in [0.29, 0.717) is 4.90 Å². The third-order valence-electron chi connectivity index (χ3n) is 1.69. The van der Waals surface area contributed by atoms with Crippen LogP contribution in [0.25, 0.3) is 0 Å². The lowest BCUT2D eigenvalue weighted by Crippen LogP contribution is -2.51. The molecule has 0 aromatic rings. The number of amidine groups is 1. The van der Waals surface area contributed by atoms with Crippen molar-refractivity contribution in [2.24, 2.45) is 0 Å². The second-order valence-corrected chi connectivity index (χ2v) is 5.05. The zero-order chi connectivity index (χ0) is 14.3. The summed E-state index contributed by atoms with van der Waals surface area (Å²) in [5, 5.41) is 10.1. The maximum atomic E-state index is 12.1. The van der Waals surface area contributed by atoms with E-state index < -0.39 is 18.1 Å². The van der Waals surface area contributed by atoms with Crippen LogP contribution >= 0.6 is 23.9 Å². The summed E-state index contributed by atoms with van der Waals surface area (Å²) in [5.41, 5.74) is 0. The highest BCUT2D eigenvalue weighted by molar-refractivity contribution is 8.12. The highest BCUT2D eigenvalue weighted by Crippen LogP contribution is 2.19. The standard InChI is InChI=1S/C9H18N4O3S2/c1-6(2)11-8(14)12(7(10)16-3)9(15)13(17-4)18-5/h6,10H,1-5H3,(H,11,14). The van der Waals surface area contributed by atoms with Crippen molar-refractivity contribution in [3.63, 3.8) is 0 Å². The van der Waals surface area contributed by atoms with Gasteiger partial charge in [-0.05, 0) is 37.7 Å². The van der Waals surface area contributed by atoms with Crippen LogP contribution in [0.3, 0.4) is 0 Å². The normalized spacial score (nSPS) is 9.89. The van der Waals surface area contributed by atoms with Crippen LogP contribution in [-0.4, -0.2) is 52.4 Å². The fourth-order valence-electron chi connectivity index (χ4n) is 0.981. The summed E-state index contributed by atoms with van der Waals surface area (Å²) in [5.74, 6) is 0. The fraction of sp³-hybridized carbons (Fsp3) is 0.667. The lowest BCUT2D eigenvalue weighted by Gasteiger charge is -2.25. The molecule has 0 bridgehead atoms. The number of imide groups is 1. The molecule has 0 atom stereocenters. The van der Waals surface area contributed by atoms with E-state index in [1.165, 1.54) is 10.8 Å². The first-order chi connectivity index (χ1) is 8.38. The number of nitrogens with one attached hydrogen (secondary N) is 2. The molecule has 9 heteroatoms. The molecule has 7 nitrogen and oxygen atoms in total. The van der Waals surface area contributed by atoms with Gasteiger partial charge in [-0.15, -0.1) is 0 Å². The number of carbonyl (C=O) groups is 2. The molecular formula is C9H18N4O3S2. The first kappa shape index (κ1) is 16.9. The molecule has 0 saturated carbocycles. The molecule has 0 aliphatic carbocycles. The van der Waals surface area contributed by atoms with Gasteiger partial charge in [0.05, 0.1) is 7.11 Å². The Morgan fingerprint density at radius 3 is 2.11 bits per heavy atom. The molecule has 0 radical (unpaired) electrons. The van der Waals surface area contributed by atoms with Gasteiger partial charge in [-0.1, -0.05) is 0 Å². The average Bonchev–Trinajstić information content (AvgIpc) is 2.29. The van der Waals surface area contributed by atoms with Crippen molar-refractivity contribution in [2.75, 3.05) is 19.6 Å². The van der Waals surface area contributed by atoms with Crippen molar-refractivity contribution >= 4 is 42.0 Å². The second-order valence-electron chi connectivity index (χ2n) is 3.35. The van der Waals surface area contributed by atoms with Gasteiger partial charge in [-0.3, -0.25) is 5.41 Å². The summed E-state index contributed by atoms with van der Waals surface area (Å²) in [7, 11) is 1.23. The zero-order valence-corrected chi connectivity index (χ0v) is 12.6. The van der Waals surface area contributed by atoms with Crippen molar-refractivity contribution in [3.05, 3.63) is 0 Å². The Morgan fingerprint density at radius 1 is 1.28 bits per heavy atom. The molecule has 0 unspecified atom stereocenters. The Kier molecular flexibility index (Phi) is 7.60. The Labute approximate surface area is 115 Å². The van der Waals surface area contributed by atoms with Gasteiger partial charge in [0, 0.05) is 18.6 Å². The number of hydrogen-bond acceptors (Lipinski definition) is 6. The number of carbonyl (C=O) groups excluding carboxylic acids is 2. The third kappa shape index (κ3) is 4.65. The fourth-order valence-corrected chi connectivity index (χ4v) is 2.05. The summed E-state index contributed by atoms with van der Waals surface area (Å²) in [6.07, 6.45) is 3.40. The molecule has 0 aromatic heterocycles. The molecule has 18 heavy (non-hydrogen) atoms. The number of amides is 4. The van der Waals surface area contributed by atoms with Crippen LogP contribution in [-0.2, 0) is 4.74 Å². The lowest BCUT2D eigenvalue weighted by molar-refractivity contribution is 0.191. The minimum Gasteiger partial charge on any atom is -0.468 e. The van der Waals surface area contributed by atoms with Gasteiger partial charge < -0.3 is 10.1 Å². The first-order valence-corrected chi connectivity index (χ1v) is 7.40. The van der Waals surface area contributed by atoms with Gasteiger partial charge in [-0.25, -0.2) is 13.3 Å². The molecule has 104 valence electrons. The van der Waals surface area contributed by atoms with Crippen molar-refractivity contribution < 1.29 is 14.3 Å². The number of methoxy groups -OCH3 is 1. The smallest absolute Gasteiger partial charge is 0.356 e. The van der Waals surface area contributed by atoms with E-state index >= 15 is 0 Å². The van der Waals surface area contributed by atoms with Gasteiger partial charge in [-0.2, -0.15) is 4.90 Å². The van der Waals surface area contributed by atoms with Gasteiger partial charge in [0.15, 0.2) is 0 Å². The largest absolute Gasteiger partial charge is 0.468 e. The first-order valence-electron chi connectivity index (χ1n) is 5.04. The van der Waals surface area contributed by atoms with E-state index in [-0.39, 0.29) is 6.04 Å². The van der Waals surface area contributed by atoms with Crippen molar-refractivity contribution in [1.29, 1.82) is 5.41 Å². The molecule has 0 spiro atoms. The number of nitrogens with zero attached hydrogens (tertiary/aromatic N) is 2. The highest BCUT2D eigenvalue weighted by Gasteiger charge is 2.31. The Hall–Kier alpha value is -1.09. The molecule has 0 aliphatic rings. The van der Waals surface area contributed by atoms with Gasteiger partial charge in [0.1, 0.15) is 0 Å². The molecule has 0 heterocycles. The summed E-state index contributed by atoms with van der Waals surface area (Å²) < 4.78 is 5.93. The summed E-state index contributed by atoms with van der Waals surface area (Å²) in [6.45, 7) is 3.52. The van der Waals surface area contributed by atoms with Crippen LogP contribution in [0.15, 0.2) is 0 Å². The SMILES string of the molecule is COC(=N)N(C(=O)NC(C)C)C(=O)N(SC)SC. The Bertz CT molecular complexity index is 321. The van der Waals surface area contributed by atoms with Crippen molar-refractivity contribution in [2.45, 2.75) is 19.9 Å². The van der Waals surface area contributed by atoms with Gasteiger partial charge >= 0.3 is 18.1 Å². The highest BCUT2D eigenvalue weighted by atomic mass is 32.2. The summed E-state index contributed by atoms with van der Waals surface area (Å²) in [4.78, 5) is 24.6. The van der Waals surface area contributed by atoms with Crippen molar-refractivity contribution in [3.8, 4) is 0 Å². The maximum Gasteiger partial charge on any atom is 0.356 e. The summed E-state index contributed by atoms with van der Waals surface area (Å²) >= 11 is 2.29. The number of ether oxygens (including phenoxy) is 1. The van der Waals surface area contributed by atoms with Crippen molar-refractivity contribution in [1.82, 2.24) is 13.9 Å². The Balaban J connectivity index is 5.05. The predicted octanol–water partition coefficient (Wildman–Crippen LogP) is 1.97. The molecule has 0 rings (SSSR count). The van der Waals surface area contributed by atoms with Crippen LogP contribution in [0.1, 0.15) is 13.8 Å². The quantitative estimate of drug-likeness (QED) is 0.472. The van der Waals surface area contributed by atoms with E-state index in [0.717, 1.165) is 23.9 Å². The van der Waals surface area contributed by atoms with Crippen LogP contribution in [0.5, 0.6) is 0 Å². The van der Waals surface area contributed by atoms with E-state index in [2.05, 4.69) is 10.1 Å². The molecule has 2 N–H and O–H groups in total. The molecule has 0 aromatic carbocycles. The minimum absolute atomic E-state index is 0.144. The molecule has 0 fully saturated rings. The number of rotatable bonds is 3. The molecule has 4 amide bonds. The maximum absolute atomic E-state index is 12.1. The van der Waals surface area contributed by atoms with E-state index in [1.807, 2.05) is 0 Å². The predicted molar refractivity (Wildman–Crippen MR) is 74.5 cm³/mol. The monoisotopic (exact) mass is 294 g/mol. The topological polar surface area (TPSA) is 85.7 Å². The molecule has 0 saturated heterocycles. The zero-order valence-electron chi connectivity index (χ0n) is 11.0. The number of urea groups is 2. The van der Waals surface area contributed by atoms with Gasteiger partial charge in [0.25, 0.3) is 0 Å². The average molecular weight is 294 g/mol. The van der Waals surface area contributed by atoms with Gasteiger partial charge in [0.2, 0.25) is 0 Å². The van der Waals surface area contributed by atoms with E-state index in [4.69, 9.17) is 5.41 Å². The van der Waals surface area contributed by atoms with Crippen LogP contribution in [0, 0.1) is 5.41 Å². The molecular weight excluding hydrogens is 276 g/mol. The second kappa shape index (κ2) is 8.09. The van der Waals surface area contributed by atoms with Crippen LogP contribution in [0.4, 0.5) is 9.59 Å². The van der Waals surface area contributed by atoms with Crippen LogP contribution < -0.4 is 5.32 Å². The lowest BCUT2D eigenvalue weighted by atomic mass is 10.4. The van der Waals surface area contributed by atoms with E-state index in [1.54, 1.807) is 26.4 Å². The third-order valence-corrected chi connectivity index (χ3v) is 3.56. The minimum atomic E-state index is -0.685. The van der Waals surface area contributed by atoms with Crippen LogP contribution in [0.2, 0.25) is 0 Å². The molecule has 0 aliphatic heterocycles. The summed E-state index contributed by atoms with van der Waals surface area (Å²) in [6, 6.07) is -1.99.